The maximum Gasteiger partial charge on any atom is 0.338 e. The average Bonchev–Trinajstić information content (AvgIpc) is 2.50. The van der Waals surface area contributed by atoms with Crippen molar-refractivity contribution in [2.75, 3.05) is 0 Å². The van der Waals surface area contributed by atoms with E-state index in [0.717, 1.165) is 17.3 Å². The van der Waals surface area contributed by atoms with E-state index in [0.29, 0.717) is 5.56 Å². The van der Waals surface area contributed by atoms with Gasteiger partial charge in [0.2, 0.25) is 0 Å². The number of hydrogen-bond donors (Lipinski definition) is 0. The Morgan fingerprint density at radius 1 is 1.09 bits per heavy atom. The van der Waals surface area contributed by atoms with Gasteiger partial charge in [-0.3, -0.25) is 0 Å². The molecule has 0 aliphatic heterocycles. The lowest BCUT2D eigenvalue weighted by Gasteiger charge is -2.13. The van der Waals surface area contributed by atoms with E-state index < -0.39 is 0 Å². The molecule has 0 saturated heterocycles. The van der Waals surface area contributed by atoms with Gasteiger partial charge in [-0.1, -0.05) is 73.9 Å². The molecule has 1 rings (SSSR count). The van der Waals surface area contributed by atoms with Gasteiger partial charge in [0.15, 0.2) is 0 Å². The van der Waals surface area contributed by atoms with Gasteiger partial charge in [-0.05, 0) is 38.0 Å². The third kappa shape index (κ3) is 8.57. The Morgan fingerprint density at radius 3 is 2.36 bits per heavy atom. The molecule has 0 amide bonds. The van der Waals surface area contributed by atoms with E-state index in [2.05, 4.69) is 22.9 Å². The fraction of sp³-hybridized carbons (Fsp3) is 0.632. The number of halogens is 1. The summed E-state index contributed by atoms with van der Waals surface area (Å²) >= 11 is 3.37. The Labute approximate surface area is 143 Å². The first-order valence-corrected chi connectivity index (χ1v) is 9.39. The van der Waals surface area contributed by atoms with Gasteiger partial charge in [0.1, 0.15) is 0 Å². The lowest BCUT2D eigenvalue weighted by molar-refractivity contribution is 0.0319. The summed E-state index contributed by atoms with van der Waals surface area (Å²) in [4.78, 5) is 12.0. The van der Waals surface area contributed by atoms with E-state index in [-0.39, 0.29) is 12.1 Å². The number of ether oxygens (including phenoxy) is 1. The van der Waals surface area contributed by atoms with Crippen LogP contribution in [0.2, 0.25) is 0 Å². The minimum Gasteiger partial charge on any atom is -0.459 e. The van der Waals surface area contributed by atoms with Crippen LogP contribution in [0.3, 0.4) is 0 Å². The predicted octanol–water partition coefficient (Wildman–Crippen LogP) is 6.53. The highest BCUT2D eigenvalue weighted by molar-refractivity contribution is 9.10. The number of benzene rings is 1. The number of carbonyl (C=O) groups excluding carboxylic acids is 1. The van der Waals surface area contributed by atoms with Crippen molar-refractivity contribution in [3.8, 4) is 0 Å². The van der Waals surface area contributed by atoms with Crippen molar-refractivity contribution in [1.82, 2.24) is 0 Å². The molecule has 0 saturated carbocycles. The van der Waals surface area contributed by atoms with Crippen LogP contribution >= 0.6 is 15.9 Å². The summed E-state index contributed by atoms with van der Waals surface area (Å²) in [5.74, 6) is -0.228. The van der Waals surface area contributed by atoms with Gasteiger partial charge < -0.3 is 4.74 Å². The summed E-state index contributed by atoms with van der Waals surface area (Å²) in [5, 5.41) is 0. The molecule has 0 aromatic heterocycles. The summed E-state index contributed by atoms with van der Waals surface area (Å²) in [7, 11) is 0. The van der Waals surface area contributed by atoms with Crippen LogP contribution in [0.15, 0.2) is 28.7 Å². The topological polar surface area (TPSA) is 26.3 Å². The molecule has 3 heteroatoms. The molecule has 124 valence electrons. The van der Waals surface area contributed by atoms with E-state index in [1.807, 2.05) is 19.1 Å². The summed E-state index contributed by atoms with van der Waals surface area (Å²) in [6.07, 6.45) is 11.4. The molecule has 1 atom stereocenters. The van der Waals surface area contributed by atoms with Crippen molar-refractivity contribution in [2.24, 2.45) is 0 Å². The number of hydrogen-bond acceptors (Lipinski definition) is 2. The monoisotopic (exact) mass is 368 g/mol. The quantitative estimate of drug-likeness (QED) is 0.328. The molecule has 2 nitrogen and oxygen atoms in total. The molecule has 0 N–H and O–H groups in total. The van der Waals surface area contributed by atoms with Crippen LogP contribution in [0.5, 0.6) is 0 Å². The van der Waals surface area contributed by atoms with Crippen molar-refractivity contribution in [2.45, 2.75) is 77.7 Å². The molecule has 0 heterocycles. The second-order valence-electron chi connectivity index (χ2n) is 5.99. The van der Waals surface area contributed by atoms with Crippen molar-refractivity contribution < 1.29 is 9.53 Å². The summed E-state index contributed by atoms with van der Waals surface area (Å²) in [6.45, 7) is 4.23. The molecule has 1 unspecified atom stereocenters. The van der Waals surface area contributed by atoms with Gasteiger partial charge in [0.25, 0.3) is 0 Å². The van der Waals surface area contributed by atoms with E-state index >= 15 is 0 Å². The zero-order valence-corrected chi connectivity index (χ0v) is 15.5. The van der Waals surface area contributed by atoms with Crippen LogP contribution in [-0.4, -0.2) is 12.1 Å². The Hall–Kier alpha value is -0.830. The van der Waals surface area contributed by atoms with Crippen LogP contribution in [0, 0.1) is 0 Å². The number of esters is 1. The first kappa shape index (κ1) is 19.2. The third-order valence-corrected chi connectivity index (χ3v) is 4.33. The molecule has 0 aliphatic rings. The largest absolute Gasteiger partial charge is 0.459 e. The Bertz CT molecular complexity index is 431. The zero-order chi connectivity index (χ0) is 16.2. The molecular formula is C19H29BrO2. The summed E-state index contributed by atoms with van der Waals surface area (Å²) < 4.78 is 6.39. The first-order chi connectivity index (χ1) is 10.6. The average molecular weight is 369 g/mol. The molecule has 0 radical (unpaired) electrons. The molecule has 0 fully saturated rings. The lowest BCUT2D eigenvalue weighted by Crippen LogP contribution is -2.15. The Balaban J connectivity index is 2.10. The highest BCUT2D eigenvalue weighted by atomic mass is 79.9. The van der Waals surface area contributed by atoms with Crippen LogP contribution in [0.4, 0.5) is 0 Å². The molecule has 0 spiro atoms. The third-order valence-electron chi connectivity index (χ3n) is 3.83. The number of unbranched alkanes of at least 4 members (excludes halogenated alkanes) is 7. The van der Waals surface area contributed by atoms with Gasteiger partial charge in [0, 0.05) is 4.47 Å². The van der Waals surface area contributed by atoms with Crippen molar-refractivity contribution in [3.05, 3.63) is 34.3 Å². The summed E-state index contributed by atoms with van der Waals surface area (Å²) in [5.41, 5.74) is 0.608. The fourth-order valence-electron chi connectivity index (χ4n) is 2.49. The molecule has 1 aromatic carbocycles. The normalized spacial score (nSPS) is 12.1. The maximum absolute atomic E-state index is 12.0. The molecule has 0 bridgehead atoms. The fourth-order valence-corrected chi connectivity index (χ4v) is 2.89. The van der Waals surface area contributed by atoms with Crippen LogP contribution < -0.4 is 0 Å². The first-order valence-electron chi connectivity index (χ1n) is 8.60. The van der Waals surface area contributed by atoms with Gasteiger partial charge in [0.05, 0.1) is 11.7 Å². The van der Waals surface area contributed by atoms with E-state index in [1.54, 1.807) is 12.1 Å². The Morgan fingerprint density at radius 2 is 1.73 bits per heavy atom. The maximum atomic E-state index is 12.0. The predicted molar refractivity (Wildman–Crippen MR) is 96.2 cm³/mol. The molecule has 0 aliphatic carbocycles. The summed E-state index contributed by atoms with van der Waals surface area (Å²) in [6, 6.07) is 7.34. The number of carbonyl (C=O) groups is 1. The van der Waals surface area contributed by atoms with E-state index in [4.69, 9.17) is 4.74 Å². The van der Waals surface area contributed by atoms with Gasteiger partial charge >= 0.3 is 5.97 Å². The highest BCUT2D eigenvalue weighted by Crippen LogP contribution is 2.15. The van der Waals surface area contributed by atoms with Gasteiger partial charge in [-0.25, -0.2) is 4.79 Å². The molecular weight excluding hydrogens is 340 g/mol. The minimum atomic E-state index is -0.228. The molecule has 1 aromatic rings. The van der Waals surface area contributed by atoms with E-state index in [9.17, 15) is 4.79 Å². The standard InChI is InChI=1S/C19H29BrO2/c1-3-4-5-6-7-8-9-10-12-16(2)22-19(21)17-13-11-14-18(20)15-17/h11,13-16H,3-10,12H2,1-2H3. The van der Waals surface area contributed by atoms with E-state index in [1.165, 1.54) is 44.9 Å². The smallest absolute Gasteiger partial charge is 0.338 e. The van der Waals surface area contributed by atoms with Crippen molar-refractivity contribution in [1.29, 1.82) is 0 Å². The highest BCUT2D eigenvalue weighted by Gasteiger charge is 2.11. The van der Waals surface area contributed by atoms with Gasteiger partial charge in [-0.15, -0.1) is 0 Å². The van der Waals surface area contributed by atoms with Crippen LogP contribution in [-0.2, 0) is 4.74 Å². The van der Waals surface area contributed by atoms with Crippen molar-refractivity contribution >= 4 is 21.9 Å². The number of rotatable bonds is 11. The van der Waals surface area contributed by atoms with Crippen LogP contribution in [0.1, 0.15) is 82.0 Å². The zero-order valence-electron chi connectivity index (χ0n) is 13.9. The molecule has 22 heavy (non-hydrogen) atoms. The Kier molecular flexibility index (Phi) is 10.2. The second-order valence-corrected chi connectivity index (χ2v) is 6.91. The van der Waals surface area contributed by atoms with Crippen LogP contribution in [0.25, 0.3) is 0 Å². The SMILES string of the molecule is CCCCCCCCCCC(C)OC(=O)c1cccc(Br)c1. The minimum absolute atomic E-state index is 0.00780. The lowest BCUT2D eigenvalue weighted by atomic mass is 10.1. The van der Waals surface area contributed by atoms with Crippen molar-refractivity contribution in [3.63, 3.8) is 0 Å². The van der Waals surface area contributed by atoms with Gasteiger partial charge in [-0.2, -0.15) is 0 Å². The second kappa shape index (κ2) is 11.7.